The molecule has 4 aliphatic rings. The zero-order valence-corrected chi connectivity index (χ0v) is 11.3. The first kappa shape index (κ1) is 11.8. The van der Waals surface area contributed by atoms with Gasteiger partial charge in [-0.25, -0.2) is 4.39 Å². The Balaban J connectivity index is 1.82. The first-order valence-electron chi connectivity index (χ1n) is 6.98. The van der Waals surface area contributed by atoms with Crippen molar-refractivity contribution in [2.45, 2.75) is 18.4 Å². The molecule has 4 saturated heterocycles. The molecule has 0 radical (unpaired) electrons. The lowest BCUT2D eigenvalue weighted by Gasteiger charge is -2.67. The van der Waals surface area contributed by atoms with E-state index in [-0.39, 0.29) is 22.7 Å². The van der Waals surface area contributed by atoms with Gasteiger partial charge in [0.1, 0.15) is 5.82 Å². The van der Waals surface area contributed by atoms with Crippen molar-refractivity contribution in [3.05, 3.63) is 35.6 Å². The maximum absolute atomic E-state index is 13.2. The number of piperidine rings is 2. The molecule has 19 heavy (non-hydrogen) atoms. The second-order valence-electron chi connectivity index (χ2n) is 6.91. The lowest BCUT2D eigenvalue weighted by molar-refractivity contribution is -0.142. The summed E-state index contributed by atoms with van der Waals surface area (Å²) in [6, 6.07) is 7.13. The van der Waals surface area contributed by atoms with E-state index in [1.807, 2.05) is 12.1 Å². The van der Waals surface area contributed by atoms with E-state index in [4.69, 9.17) is 5.73 Å². The number of halogens is 1. The molecule has 0 spiro atoms. The number of hydrogen-bond acceptors (Lipinski definition) is 3. The summed E-state index contributed by atoms with van der Waals surface area (Å²) in [7, 11) is 0. The number of nitrogens with zero attached hydrogens (tertiary/aromatic N) is 2. The van der Waals surface area contributed by atoms with E-state index in [1.54, 1.807) is 12.1 Å². The zero-order chi connectivity index (χ0) is 13.3. The Bertz CT molecular complexity index is 499. The van der Waals surface area contributed by atoms with Gasteiger partial charge in [0.05, 0.1) is 6.67 Å². The SMILES string of the molecule is CC12CN3CN(C1)CC(c1ccc(F)cc1)(C3)C2N. The fourth-order valence-electron chi connectivity index (χ4n) is 4.72. The largest absolute Gasteiger partial charge is 0.326 e. The van der Waals surface area contributed by atoms with Crippen LogP contribution in [-0.2, 0) is 5.41 Å². The van der Waals surface area contributed by atoms with Crippen LogP contribution in [0.4, 0.5) is 4.39 Å². The second-order valence-corrected chi connectivity index (χ2v) is 6.91. The minimum absolute atomic E-state index is 0.0306. The Morgan fingerprint density at radius 2 is 1.68 bits per heavy atom. The Morgan fingerprint density at radius 1 is 1.11 bits per heavy atom. The van der Waals surface area contributed by atoms with Crippen LogP contribution in [0.5, 0.6) is 0 Å². The van der Waals surface area contributed by atoms with Gasteiger partial charge < -0.3 is 5.73 Å². The molecule has 3 nitrogen and oxygen atoms in total. The summed E-state index contributed by atoms with van der Waals surface area (Å²) in [5.74, 6) is -0.172. The highest BCUT2D eigenvalue weighted by Crippen LogP contribution is 2.49. The number of benzene rings is 1. The fourth-order valence-corrected chi connectivity index (χ4v) is 4.72. The van der Waals surface area contributed by atoms with Crippen molar-refractivity contribution in [1.82, 2.24) is 9.80 Å². The van der Waals surface area contributed by atoms with E-state index < -0.39 is 0 Å². The van der Waals surface area contributed by atoms with Crippen molar-refractivity contribution in [3.8, 4) is 0 Å². The van der Waals surface area contributed by atoms with E-state index in [1.165, 1.54) is 5.56 Å². The van der Waals surface area contributed by atoms with Crippen LogP contribution < -0.4 is 5.73 Å². The van der Waals surface area contributed by atoms with Gasteiger partial charge in [0, 0.05) is 43.1 Å². The van der Waals surface area contributed by atoms with Crippen LogP contribution in [0.15, 0.2) is 24.3 Å². The summed E-state index contributed by atoms with van der Waals surface area (Å²) < 4.78 is 13.2. The summed E-state index contributed by atoms with van der Waals surface area (Å²) in [4.78, 5) is 5.00. The van der Waals surface area contributed by atoms with Crippen LogP contribution in [0.25, 0.3) is 0 Å². The minimum atomic E-state index is -0.172. The monoisotopic (exact) mass is 261 g/mol. The van der Waals surface area contributed by atoms with Gasteiger partial charge >= 0.3 is 0 Å². The highest BCUT2D eigenvalue weighted by molar-refractivity contribution is 5.35. The Morgan fingerprint density at radius 3 is 2.26 bits per heavy atom. The van der Waals surface area contributed by atoms with Crippen LogP contribution in [0.1, 0.15) is 12.5 Å². The van der Waals surface area contributed by atoms with Gasteiger partial charge in [-0.05, 0) is 17.7 Å². The van der Waals surface area contributed by atoms with E-state index in [2.05, 4.69) is 16.7 Å². The summed E-state index contributed by atoms with van der Waals surface area (Å²) in [6.45, 7) is 7.55. The van der Waals surface area contributed by atoms with Crippen molar-refractivity contribution in [1.29, 1.82) is 0 Å². The summed E-state index contributed by atoms with van der Waals surface area (Å²) in [5.41, 5.74) is 7.98. The molecular weight excluding hydrogens is 241 g/mol. The van der Waals surface area contributed by atoms with Gasteiger partial charge in [0.25, 0.3) is 0 Å². The van der Waals surface area contributed by atoms with Gasteiger partial charge in [-0.3, -0.25) is 9.80 Å². The zero-order valence-electron chi connectivity index (χ0n) is 11.3. The third kappa shape index (κ3) is 1.48. The van der Waals surface area contributed by atoms with Crippen LogP contribution in [0.2, 0.25) is 0 Å². The number of nitrogens with two attached hydrogens (primary N) is 1. The highest BCUT2D eigenvalue weighted by Gasteiger charge is 2.60. The van der Waals surface area contributed by atoms with Gasteiger partial charge in [-0.1, -0.05) is 19.1 Å². The quantitative estimate of drug-likeness (QED) is 0.818. The van der Waals surface area contributed by atoms with Gasteiger partial charge in [-0.15, -0.1) is 0 Å². The average molecular weight is 261 g/mol. The molecule has 0 aliphatic carbocycles. The van der Waals surface area contributed by atoms with E-state index in [9.17, 15) is 4.39 Å². The Hall–Kier alpha value is -0.970. The molecule has 1 aromatic rings. The smallest absolute Gasteiger partial charge is 0.123 e. The predicted octanol–water partition coefficient (Wildman–Crippen LogP) is 0.999. The van der Waals surface area contributed by atoms with E-state index >= 15 is 0 Å². The van der Waals surface area contributed by atoms with Crippen LogP contribution in [0, 0.1) is 11.2 Å². The topological polar surface area (TPSA) is 32.5 Å². The first-order chi connectivity index (χ1) is 9.02. The van der Waals surface area contributed by atoms with Crippen LogP contribution in [0.3, 0.4) is 0 Å². The molecule has 0 saturated carbocycles. The molecule has 5 rings (SSSR count). The molecule has 4 aliphatic heterocycles. The summed E-state index contributed by atoms with van der Waals surface area (Å²) in [5, 5.41) is 0. The summed E-state index contributed by atoms with van der Waals surface area (Å²) >= 11 is 0. The molecule has 0 aromatic heterocycles. The average Bonchev–Trinajstić information content (AvgIpc) is 2.35. The Labute approximate surface area is 113 Å². The van der Waals surface area contributed by atoms with Crippen molar-refractivity contribution < 1.29 is 4.39 Å². The van der Waals surface area contributed by atoms with Gasteiger partial charge in [0.15, 0.2) is 0 Å². The van der Waals surface area contributed by atoms with Gasteiger partial charge in [0.2, 0.25) is 0 Å². The molecule has 1 aromatic carbocycles. The minimum Gasteiger partial charge on any atom is -0.326 e. The maximum atomic E-state index is 13.2. The normalized spacial score (nSPS) is 47.6. The Kier molecular flexibility index (Phi) is 2.22. The molecular formula is C15H20FN3. The first-order valence-corrected chi connectivity index (χ1v) is 6.98. The van der Waals surface area contributed by atoms with E-state index in [0.29, 0.717) is 0 Å². The number of hydrogen-bond donors (Lipinski definition) is 1. The molecule has 4 heterocycles. The van der Waals surface area contributed by atoms with Crippen LogP contribution >= 0.6 is 0 Å². The van der Waals surface area contributed by atoms with Crippen LogP contribution in [-0.4, -0.2) is 48.7 Å². The highest BCUT2D eigenvalue weighted by atomic mass is 19.1. The molecule has 102 valence electrons. The van der Waals surface area contributed by atoms with Crippen molar-refractivity contribution >= 4 is 0 Å². The summed E-state index contributed by atoms with van der Waals surface area (Å²) in [6.07, 6.45) is 0. The maximum Gasteiger partial charge on any atom is 0.123 e. The fraction of sp³-hybridized carbons (Fsp3) is 0.600. The molecule has 0 amide bonds. The van der Waals surface area contributed by atoms with Crippen molar-refractivity contribution in [2.75, 3.05) is 32.8 Å². The van der Waals surface area contributed by atoms with Crippen molar-refractivity contribution in [3.63, 3.8) is 0 Å². The third-order valence-electron chi connectivity index (χ3n) is 5.35. The lowest BCUT2D eigenvalue weighted by Crippen LogP contribution is -2.80. The van der Waals surface area contributed by atoms with Gasteiger partial charge in [-0.2, -0.15) is 0 Å². The number of rotatable bonds is 1. The lowest BCUT2D eigenvalue weighted by atomic mass is 9.57. The molecule has 3 unspecified atom stereocenters. The molecule has 4 fully saturated rings. The molecule has 4 bridgehead atoms. The van der Waals surface area contributed by atoms with E-state index in [0.717, 1.165) is 32.8 Å². The predicted molar refractivity (Wildman–Crippen MR) is 72.2 cm³/mol. The standard InChI is InChI=1S/C15H20FN3/c1-14-6-18-8-15(13(14)17,9-19(7-14)10-18)11-2-4-12(16)5-3-11/h2-5,13H,6-10,17H2,1H3. The third-order valence-corrected chi connectivity index (χ3v) is 5.35. The molecule has 2 N–H and O–H groups in total. The van der Waals surface area contributed by atoms with Crippen molar-refractivity contribution in [2.24, 2.45) is 11.1 Å². The second kappa shape index (κ2) is 3.57. The molecule has 3 atom stereocenters. The molecule has 4 heteroatoms.